The number of nitrogens with zero attached hydrogens (tertiary/aromatic N) is 3. The maximum Gasteiger partial charge on any atom is 0.419 e. The maximum absolute atomic E-state index is 12.8. The Morgan fingerprint density at radius 3 is 2.47 bits per heavy atom. The highest BCUT2D eigenvalue weighted by Gasteiger charge is 2.35. The second-order valence-corrected chi connectivity index (χ2v) is 4.54. The van der Waals surface area contributed by atoms with Crippen molar-refractivity contribution in [3.63, 3.8) is 0 Å². The first kappa shape index (κ1) is 15.7. The monoisotopic (exact) mass is 277 g/mol. The lowest BCUT2D eigenvalue weighted by molar-refractivity contribution is -0.138. The molecule has 1 heterocycles. The SMILES string of the molecule is COCCN(C)c1ncc(C(F)(F)F)c(C(C)C)n1. The summed E-state index contributed by atoms with van der Waals surface area (Å²) in [4.78, 5) is 9.47. The van der Waals surface area contributed by atoms with Gasteiger partial charge in [0.1, 0.15) is 0 Å². The first-order valence-corrected chi connectivity index (χ1v) is 5.91. The van der Waals surface area contributed by atoms with Crippen LogP contribution in [0.4, 0.5) is 19.1 Å². The Morgan fingerprint density at radius 2 is 2.00 bits per heavy atom. The van der Waals surface area contributed by atoms with Gasteiger partial charge in [0.2, 0.25) is 5.95 Å². The summed E-state index contributed by atoms with van der Waals surface area (Å²) in [5, 5.41) is 0. The summed E-state index contributed by atoms with van der Waals surface area (Å²) in [6.07, 6.45) is -3.58. The quantitative estimate of drug-likeness (QED) is 0.829. The number of alkyl halides is 3. The summed E-state index contributed by atoms with van der Waals surface area (Å²) in [5.74, 6) is -0.0528. The van der Waals surface area contributed by atoms with E-state index in [0.29, 0.717) is 13.2 Å². The zero-order valence-corrected chi connectivity index (χ0v) is 11.5. The summed E-state index contributed by atoms with van der Waals surface area (Å²) >= 11 is 0. The predicted molar refractivity (Wildman–Crippen MR) is 66.3 cm³/mol. The van der Waals surface area contributed by atoms with E-state index in [-0.39, 0.29) is 17.6 Å². The number of anilines is 1. The van der Waals surface area contributed by atoms with Crippen molar-refractivity contribution in [2.75, 3.05) is 32.2 Å². The van der Waals surface area contributed by atoms with E-state index < -0.39 is 11.7 Å². The van der Waals surface area contributed by atoms with Crippen molar-refractivity contribution < 1.29 is 17.9 Å². The van der Waals surface area contributed by atoms with E-state index in [0.717, 1.165) is 6.20 Å². The molecule has 0 fully saturated rings. The van der Waals surface area contributed by atoms with Gasteiger partial charge < -0.3 is 9.64 Å². The van der Waals surface area contributed by atoms with Crippen molar-refractivity contribution in [1.29, 1.82) is 0 Å². The number of hydrogen-bond donors (Lipinski definition) is 0. The third-order valence-electron chi connectivity index (χ3n) is 2.63. The Kier molecular flexibility index (Phi) is 5.11. The summed E-state index contributed by atoms with van der Waals surface area (Å²) in [5.41, 5.74) is -0.756. The van der Waals surface area contributed by atoms with Gasteiger partial charge in [-0.2, -0.15) is 13.2 Å². The van der Waals surface area contributed by atoms with Gasteiger partial charge in [0.05, 0.1) is 17.9 Å². The van der Waals surface area contributed by atoms with Crippen LogP contribution in [0.5, 0.6) is 0 Å². The number of halogens is 3. The zero-order chi connectivity index (χ0) is 14.6. The van der Waals surface area contributed by atoms with E-state index in [4.69, 9.17) is 4.74 Å². The fourth-order valence-electron chi connectivity index (χ4n) is 1.56. The molecule has 1 aromatic rings. The molecule has 0 saturated heterocycles. The van der Waals surface area contributed by atoms with Gasteiger partial charge in [0.25, 0.3) is 0 Å². The first-order chi connectivity index (χ1) is 8.77. The number of aromatic nitrogens is 2. The molecule has 0 unspecified atom stereocenters. The molecule has 19 heavy (non-hydrogen) atoms. The van der Waals surface area contributed by atoms with Crippen LogP contribution in [0.25, 0.3) is 0 Å². The van der Waals surface area contributed by atoms with Gasteiger partial charge in [-0.05, 0) is 5.92 Å². The lowest BCUT2D eigenvalue weighted by atomic mass is 10.1. The van der Waals surface area contributed by atoms with Crippen LogP contribution in [0.3, 0.4) is 0 Å². The number of rotatable bonds is 5. The molecular formula is C12H18F3N3O. The lowest BCUT2D eigenvalue weighted by Crippen LogP contribution is -2.25. The van der Waals surface area contributed by atoms with Gasteiger partial charge in [-0.25, -0.2) is 9.97 Å². The zero-order valence-electron chi connectivity index (χ0n) is 11.5. The van der Waals surface area contributed by atoms with Gasteiger partial charge in [0.15, 0.2) is 0 Å². The predicted octanol–water partition coefficient (Wildman–Crippen LogP) is 2.70. The molecule has 4 nitrogen and oxygen atoms in total. The maximum atomic E-state index is 12.8. The van der Waals surface area contributed by atoms with Gasteiger partial charge in [-0.15, -0.1) is 0 Å². The average Bonchev–Trinajstić information content (AvgIpc) is 2.34. The van der Waals surface area contributed by atoms with Gasteiger partial charge in [0, 0.05) is 26.9 Å². The molecule has 0 aliphatic rings. The van der Waals surface area contributed by atoms with E-state index in [1.807, 2.05) is 0 Å². The number of ether oxygens (including phenoxy) is 1. The molecule has 0 saturated carbocycles. The van der Waals surface area contributed by atoms with E-state index in [1.54, 1.807) is 32.9 Å². The molecule has 0 amide bonds. The van der Waals surface area contributed by atoms with Crippen molar-refractivity contribution in [1.82, 2.24) is 9.97 Å². The largest absolute Gasteiger partial charge is 0.419 e. The van der Waals surface area contributed by atoms with Crippen LogP contribution < -0.4 is 4.90 Å². The minimum atomic E-state index is -4.43. The second-order valence-electron chi connectivity index (χ2n) is 4.54. The molecule has 0 aliphatic heterocycles. The summed E-state index contributed by atoms with van der Waals surface area (Å²) in [7, 11) is 3.27. The van der Waals surface area contributed by atoms with Crippen LogP contribution in [0.2, 0.25) is 0 Å². The van der Waals surface area contributed by atoms with Gasteiger partial charge in [-0.1, -0.05) is 13.8 Å². The third-order valence-corrected chi connectivity index (χ3v) is 2.63. The standard InChI is InChI=1S/C12H18F3N3O/c1-8(2)10-9(12(13,14)15)7-16-11(17-10)18(3)5-6-19-4/h7-8H,5-6H2,1-4H3. The minimum Gasteiger partial charge on any atom is -0.383 e. The van der Waals surface area contributed by atoms with E-state index >= 15 is 0 Å². The second kappa shape index (κ2) is 6.18. The van der Waals surface area contributed by atoms with Crippen molar-refractivity contribution >= 4 is 5.95 Å². The number of methoxy groups -OCH3 is 1. The highest BCUT2D eigenvalue weighted by Crippen LogP contribution is 2.34. The van der Waals surface area contributed by atoms with Crippen LogP contribution in [-0.2, 0) is 10.9 Å². The van der Waals surface area contributed by atoms with Crippen molar-refractivity contribution in [3.8, 4) is 0 Å². The van der Waals surface area contributed by atoms with E-state index in [9.17, 15) is 13.2 Å². The molecule has 0 radical (unpaired) electrons. The molecule has 0 N–H and O–H groups in total. The van der Waals surface area contributed by atoms with E-state index in [2.05, 4.69) is 9.97 Å². The smallest absolute Gasteiger partial charge is 0.383 e. The summed E-state index contributed by atoms with van der Waals surface area (Å²) in [6.45, 7) is 4.32. The van der Waals surface area contributed by atoms with Crippen LogP contribution in [-0.4, -0.2) is 37.3 Å². The molecule has 0 atom stereocenters. The minimum absolute atomic E-state index is 0.0155. The lowest BCUT2D eigenvalue weighted by Gasteiger charge is -2.20. The van der Waals surface area contributed by atoms with Gasteiger partial charge >= 0.3 is 6.18 Å². The highest BCUT2D eigenvalue weighted by molar-refractivity contribution is 5.34. The molecule has 0 bridgehead atoms. The Bertz CT molecular complexity index is 421. The molecule has 0 aromatic carbocycles. The van der Waals surface area contributed by atoms with Gasteiger partial charge in [-0.3, -0.25) is 0 Å². The molecule has 0 aliphatic carbocycles. The third kappa shape index (κ3) is 4.05. The van der Waals surface area contributed by atoms with Crippen molar-refractivity contribution in [2.24, 2.45) is 0 Å². The number of hydrogen-bond acceptors (Lipinski definition) is 4. The van der Waals surface area contributed by atoms with Crippen molar-refractivity contribution in [3.05, 3.63) is 17.5 Å². The Morgan fingerprint density at radius 1 is 1.37 bits per heavy atom. The molecule has 0 spiro atoms. The molecule has 108 valence electrons. The number of likely N-dealkylation sites (N-methyl/N-ethyl adjacent to an activating group) is 1. The van der Waals surface area contributed by atoms with Crippen LogP contribution in [0.1, 0.15) is 31.0 Å². The summed E-state index contributed by atoms with van der Waals surface area (Å²) in [6, 6.07) is 0. The van der Waals surface area contributed by atoms with Crippen molar-refractivity contribution in [2.45, 2.75) is 25.9 Å². The molecular weight excluding hydrogens is 259 g/mol. The van der Waals surface area contributed by atoms with Crippen LogP contribution in [0, 0.1) is 0 Å². The van der Waals surface area contributed by atoms with Crippen LogP contribution in [0.15, 0.2) is 6.20 Å². The Labute approximate surface area is 110 Å². The topological polar surface area (TPSA) is 38.2 Å². The molecule has 1 rings (SSSR count). The highest BCUT2D eigenvalue weighted by atomic mass is 19.4. The Hall–Kier alpha value is -1.37. The molecule has 1 aromatic heterocycles. The Balaban J connectivity index is 3.09. The average molecular weight is 277 g/mol. The molecule has 7 heteroatoms. The van der Waals surface area contributed by atoms with E-state index in [1.165, 1.54) is 0 Å². The first-order valence-electron chi connectivity index (χ1n) is 5.91. The summed E-state index contributed by atoms with van der Waals surface area (Å²) < 4.78 is 43.4. The normalized spacial score (nSPS) is 12.0. The fraction of sp³-hybridized carbons (Fsp3) is 0.667. The van der Waals surface area contributed by atoms with Crippen LogP contribution >= 0.6 is 0 Å². The fourth-order valence-corrected chi connectivity index (χ4v) is 1.56.